The lowest BCUT2D eigenvalue weighted by Gasteiger charge is -2.18. The van der Waals surface area contributed by atoms with Gasteiger partial charge in [-0.2, -0.15) is 0 Å². The molecular weight excluding hydrogens is 334 g/mol. The molecule has 6 nitrogen and oxygen atoms in total. The van der Waals surface area contributed by atoms with Crippen LogP contribution in [0.15, 0.2) is 35.2 Å². The SMILES string of the molecule is C=CCNc1nnc(SCC(=O)c2ccc3c(c2)OCCO3)s1. The summed E-state index contributed by atoms with van der Waals surface area (Å²) in [4.78, 5) is 12.3. The van der Waals surface area contributed by atoms with E-state index >= 15 is 0 Å². The number of ether oxygens (including phenoxy) is 2. The molecule has 0 aliphatic carbocycles. The first-order valence-electron chi connectivity index (χ1n) is 7.00. The molecule has 0 unspecified atom stereocenters. The smallest absolute Gasteiger partial charge is 0.206 e. The van der Waals surface area contributed by atoms with E-state index in [1.165, 1.54) is 23.1 Å². The summed E-state index contributed by atoms with van der Waals surface area (Å²) >= 11 is 2.79. The Hall–Kier alpha value is -2.06. The van der Waals surface area contributed by atoms with Crippen LogP contribution >= 0.6 is 23.1 Å². The van der Waals surface area contributed by atoms with Crippen LogP contribution in [0.1, 0.15) is 10.4 Å². The number of hydrogen-bond donors (Lipinski definition) is 1. The summed E-state index contributed by atoms with van der Waals surface area (Å²) < 4.78 is 11.7. The van der Waals surface area contributed by atoms with Gasteiger partial charge in [0.05, 0.1) is 5.75 Å². The van der Waals surface area contributed by atoms with E-state index in [1.54, 1.807) is 24.3 Å². The van der Waals surface area contributed by atoms with Crippen LogP contribution in [0.2, 0.25) is 0 Å². The molecule has 0 fully saturated rings. The minimum atomic E-state index is 0.0165. The zero-order valence-corrected chi connectivity index (χ0v) is 13.9. The molecule has 1 N–H and O–H groups in total. The van der Waals surface area contributed by atoms with Crippen LogP contribution in [-0.4, -0.2) is 41.5 Å². The summed E-state index contributed by atoms with van der Waals surface area (Å²) in [6.07, 6.45) is 1.75. The van der Waals surface area contributed by atoms with Gasteiger partial charge < -0.3 is 14.8 Å². The Morgan fingerprint density at radius 2 is 2.17 bits per heavy atom. The first-order chi connectivity index (χ1) is 11.3. The van der Waals surface area contributed by atoms with Crippen LogP contribution in [-0.2, 0) is 0 Å². The van der Waals surface area contributed by atoms with Crippen molar-refractivity contribution in [1.82, 2.24) is 10.2 Å². The highest BCUT2D eigenvalue weighted by atomic mass is 32.2. The van der Waals surface area contributed by atoms with Crippen molar-refractivity contribution in [3.63, 3.8) is 0 Å². The van der Waals surface area contributed by atoms with Crippen molar-refractivity contribution in [3.05, 3.63) is 36.4 Å². The van der Waals surface area contributed by atoms with Gasteiger partial charge in [-0.15, -0.1) is 16.8 Å². The Morgan fingerprint density at radius 1 is 1.35 bits per heavy atom. The highest BCUT2D eigenvalue weighted by Crippen LogP contribution is 2.32. The Kier molecular flexibility index (Phi) is 5.14. The van der Waals surface area contributed by atoms with Crippen LogP contribution in [0.4, 0.5) is 5.13 Å². The third kappa shape index (κ3) is 4.02. The summed E-state index contributed by atoms with van der Waals surface area (Å²) in [7, 11) is 0. The van der Waals surface area contributed by atoms with Gasteiger partial charge in [0, 0.05) is 12.1 Å². The number of aromatic nitrogens is 2. The molecule has 2 aromatic rings. The number of carbonyl (C=O) groups is 1. The Bertz CT molecular complexity index is 718. The molecule has 1 aliphatic rings. The van der Waals surface area contributed by atoms with Gasteiger partial charge in [-0.1, -0.05) is 29.2 Å². The Balaban J connectivity index is 1.58. The van der Waals surface area contributed by atoms with Crippen LogP contribution < -0.4 is 14.8 Å². The normalized spacial score (nSPS) is 12.7. The lowest BCUT2D eigenvalue weighted by atomic mass is 10.1. The summed E-state index contributed by atoms with van der Waals surface area (Å²) in [5.74, 6) is 1.62. The minimum Gasteiger partial charge on any atom is -0.486 e. The lowest BCUT2D eigenvalue weighted by molar-refractivity contribution is 0.102. The number of nitrogens with zero attached hydrogens (tertiary/aromatic N) is 2. The number of carbonyl (C=O) groups excluding carboxylic acids is 1. The highest BCUT2D eigenvalue weighted by molar-refractivity contribution is 8.01. The molecule has 0 saturated heterocycles. The van der Waals surface area contributed by atoms with Crippen LogP contribution in [0.5, 0.6) is 11.5 Å². The van der Waals surface area contributed by atoms with Crippen molar-refractivity contribution in [2.24, 2.45) is 0 Å². The number of fused-ring (bicyclic) bond motifs is 1. The first-order valence-corrected chi connectivity index (χ1v) is 8.80. The molecule has 0 radical (unpaired) electrons. The van der Waals surface area contributed by atoms with E-state index in [2.05, 4.69) is 22.1 Å². The molecule has 1 aromatic carbocycles. The summed E-state index contributed by atoms with van der Waals surface area (Å²) in [5.41, 5.74) is 0.608. The molecule has 3 rings (SSSR count). The van der Waals surface area contributed by atoms with E-state index in [0.29, 0.717) is 42.6 Å². The second kappa shape index (κ2) is 7.47. The largest absolute Gasteiger partial charge is 0.486 e. The maximum atomic E-state index is 12.3. The van der Waals surface area contributed by atoms with E-state index in [4.69, 9.17) is 9.47 Å². The molecule has 120 valence electrons. The molecule has 8 heteroatoms. The minimum absolute atomic E-state index is 0.0165. The Labute approximate surface area is 141 Å². The van der Waals surface area contributed by atoms with E-state index in [9.17, 15) is 4.79 Å². The maximum absolute atomic E-state index is 12.3. The van der Waals surface area contributed by atoms with Gasteiger partial charge in [-0.25, -0.2) is 0 Å². The zero-order valence-electron chi connectivity index (χ0n) is 12.3. The van der Waals surface area contributed by atoms with Crippen LogP contribution in [0.25, 0.3) is 0 Å². The molecule has 2 heterocycles. The summed E-state index contributed by atoms with van der Waals surface area (Å²) in [6.45, 7) is 5.31. The summed E-state index contributed by atoms with van der Waals surface area (Å²) in [5, 5.41) is 11.8. The van der Waals surface area contributed by atoms with E-state index in [1.807, 2.05) is 0 Å². The molecular formula is C15H15N3O3S2. The van der Waals surface area contributed by atoms with Gasteiger partial charge in [0.1, 0.15) is 13.2 Å². The number of rotatable bonds is 7. The predicted octanol–water partition coefficient (Wildman–Crippen LogP) is 2.88. The third-order valence-electron chi connectivity index (χ3n) is 2.99. The second-order valence-corrected chi connectivity index (χ2v) is 6.81. The average Bonchev–Trinajstić information content (AvgIpc) is 3.05. The summed E-state index contributed by atoms with van der Waals surface area (Å²) in [6, 6.07) is 5.26. The number of ketones is 1. The van der Waals surface area contributed by atoms with Crippen LogP contribution in [0.3, 0.4) is 0 Å². The van der Waals surface area contributed by atoms with Gasteiger partial charge in [0.15, 0.2) is 21.6 Å². The van der Waals surface area contributed by atoms with E-state index in [0.717, 1.165) is 9.47 Å². The number of Topliss-reactive ketones (excluding diaryl/α,β-unsaturated/α-hetero) is 1. The fraction of sp³-hybridized carbons (Fsp3) is 0.267. The second-order valence-electron chi connectivity index (χ2n) is 4.61. The van der Waals surface area contributed by atoms with Gasteiger partial charge in [0.25, 0.3) is 0 Å². The zero-order chi connectivity index (χ0) is 16.1. The molecule has 1 aliphatic heterocycles. The standard InChI is InChI=1S/C15H15N3O3S2/c1-2-5-16-14-17-18-15(23-14)22-9-11(19)10-3-4-12-13(8-10)21-7-6-20-12/h2-4,8H,1,5-7,9H2,(H,16,17). The van der Waals surface area contributed by atoms with Gasteiger partial charge >= 0.3 is 0 Å². The van der Waals surface area contributed by atoms with Crippen molar-refractivity contribution < 1.29 is 14.3 Å². The van der Waals surface area contributed by atoms with Crippen molar-refractivity contribution in [2.45, 2.75) is 4.34 Å². The molecule has 1 aromatic heterocycles. The number of benzene rings is 1. The predicted molar refractivity (Wildman–Crippen MR) is 91.1 cm³/mol. The fourth-order valence-electron chi connectivity index (χ4n) is 1.93. The number of hydrogen-bond acceptors (Lipinski definition) is 8. The maximum Gasteiger partial charge on any atom is 0.206 e. The topological polar surface area (TPSA) is 73.3 Å². The molecule has 23 heavy (non-hydrogen) atoms. The third-order valence-corrected chi connectivity index (χ3v) is 5.01. The number of anilines is 1. The van der Waals surface area contributed by atoms with Gasteiger partial charge in [-0.05, 0) is 18.2 Å². The molecule has 0 atom stereocenters. The van der Waals surface area contributed by atoms with E-state index < -0.39 is 0 Å². The molecule has 0 saturated carbocycles. The molecule has 0 amide bonds. The van der Waals surface area contributed by atoms with Crippen LogP contribution in [0, 0.1) is 0 Å². The highest BCUT2D eigenvalue weighted by Gasteiger charge is 2.15. The molecule has 0 bridgehead atoms. The van der Waals surface area contributed by atoms with Crippen molar-refractivity contribution >= 4 is 34.0 Å². The quantitative estimate of drug-likeness (QED) is 0.468. The average molecular weight is 349 g/mol. The molecule has 0 spiro atoms. The fourth-order valence-corrected chi connectivity index (χ4v) is 3.58. The lowest BCUT2D eigenvalue weighted by Crippen LogP contribution is -2.16. The monoisotopic (exact) mass is 349 g/mol. The van der Waals surface area contributed by atoms with E-state index in [-0.39, 0.29) is 5.78 Å². The Morgan fingerprint density at radius 3 is 3.00 bits per heavy atom. The van der Waals surface area contributed by atoms with Gasteiger partial charge in [-0.3, -0.25) is 4.79 Å². The first kappa shape index (κ1) is 15.8. The van der Waals surface area contributed by atoms with Crippen molar-refractivity contribution in [1.29, 1.82) is 0 Å². The van der Waals surface area contributed by atoms with Crippen molar-refractivity contribution in [3.8, 4) is 11.5 Å². The number of thioether (sulfide) groups is 1. The van der Waals surface area contributed by atoms with Gasteiger partial charge in [0.2, 0.25) is 5.13 Å². The number of nitrogens with one attached hydrogen (secondary N) is 1. The van der Waals surface area contributed by atoms with Crippen molar-refractivity contribution in [2.75, 3.05) is 30.8 Å².